The Labute approximate surface area is 243 Å². The summed E-state index contributed by atoms with van der Waals surface area (Å²) in [5.74, 6) is -0.445. The van der Waals surface area contributed by atoms with Crippen molar-refractivity contribution in [3.8, 4) is 22.1 Å². The van der Waals surface area contributed by atoms with Gasteiger partial charge >= 0.3 is 6.18 Å². The topological polar surface area (TPSA) is 112 Å². The number of carbonyl (C=O) groups excluding carboxylic acids is 1. The molecule has 198 valence electrons. The Morgan fingerprint density at radius 3 is 2.51 bits per heavy atom. The van der Waals surface area contributed by atoms with Crippen LogP contribution in [0.15, 0.2) is 70.5 Å². The Bertz CT molecular complexity index is 1730. The Balaban J connectivity index is 1.52. The molecule has 0 atom stereocenters. The highest BCUT2D eigenvalue weighted by atomic mass is 127. The van der Waals surface area contributed by atoms with Crippen LogP contribution in [0, 0.1) is 13.7 Å². The van der Waals surface area contributed by atoms with Crippen molar-refractivity contribution < 1.29 is 27.6 Å². The summed E-state index contributed by atoms with van der Waals surface area (Å²) in [4.78, 5) is 28.7. The second kappa shape index (κ2) is 10.5. The smallest absolute Gasteiger partial charge is 0.433 e. The van der Waals surface area contributed by atoms with Crippen LogP contribution in [0.5, 0.6) is 11.5 Å². The van der Waals surface area contributed by atoms with E-state index in [0.29, 0.717) is 15.1 Å². The fourth-order valence-electron chi connectivity index (χ4n) is 3.54. The predicted molar refractivity (Wildman–Crippen MR) is 149 cm³/mol. The number of carbonyl (C=O) groups is 1. The maximum Gasteiger partial charge on any atom is 0.433 e. The number of rotatable bonds is 6. The highest BCUT2D eigenvalue weighted by Crippen LogP contribution is 2.36. The van der Waals surface area contributed by atoms with E-state index in [1.54, 1.807) is 41.8 Å². The van der Waals surface area contributed by atoms with Crippen molar-refractivity contribution in [1.29, 1.82) is 0 Å². The minimum atomic E-state index is -4.80. The lowest BCUT2D eigenvalue weighted by atomic mass is 10.2. The Hall–Kier alpha value is -3.57. The third-order valence-electron chi connectivity index (χ3n) is 5.22. The first kappa shape index (κ1) is 27.0. The molecule has 0 fully saturated rings. The van der Waals surface area contributed by atoms with E-state index < -0.39 is 28.4 Å². The van der Waals surface area contributed by atoms with Gasteiger partial charge in [-0.25, -0.2) is 9.50 Å². The van der Waals surface area contributed by atoms with Crippen molar-refractivity contribution >= 4 is 72.8 Å². The standard InChI is InChI=1S/C24H12BrF3IN5O4S/c25-20-21(32-33-19(24(26,27)28)11-17(31-22(20)33)18-2-1-7-39-18)23(35)30-13-8-14(34(36)37)10-16(9-13)38-15-5-3-12(29)4-6-15/h1-11H,(H,30,35). The van der Waals surface area contributed by atoms with E-state index in [2.05, 4.69) is 53.9 Å². The summed E-state index contributed by atoms with van der Waals surface area (Å²) in [5.41, 5.74) is -2.08. The number of benzene rings is 2. The van der Waals surface area contributed by atoms with Crippen LogP contribution in [0.25, 0.3) is 16.2 Å². The molecule has 0 unspecified atom stereocenters. The number of nitro benzene ring substituents is 1. The summed E-state index contributed by atoms with van der Waals surface area (Å²) in [6.45, 7) is 0. The van der Waals surface area contributed by atoms with Crippen LogP contribution in [0.4, 0.5) is 24.5 Å². The molecule has 0 aliphatic rings. The molecule has 0 spiro atoms. The number of non-ortho nitro benzene ring substituents is 1. The van der Waals surface area contributed by atoms with Gasteiger partial charge in [0.2, 0.25) is 0 Å². The van der Waals surface area contributed by atoms with Gasteiger partial charge in [-0.2, -0.15) is 18.3 Å². The Morgan fingerprint density at radius 2 is 1.87 bits per heavy atom. The summed E-state index contributed by atoms with van der Waals surface area (Å²) >= 11 is 6.48. The lowest BCUT2D eigenvalue weighted by Gasteiger charge is -2.10. The molecule has 15 heteroatoms. The molecule has 5 aromatic rings. The molecule has 0 aliphatic heterocycles. The van der Waals surface area contributed by atoms with E-state index in [1.807, 2.05) is 0 Å². The maximum atomic E-state index is 13.9. The lowest BCUT2D eigenvalue weighted by Crippen LogP contribution is -2.16. The van der Waals surface area contributed by atoms with Gasteiger partial charge in [0.05, 0.1) is 31.7 Å². The van der Waals surface area contributed by atoms with Gasteiger partial charge in [-0.3, -0.25) is 14.9 Å². The molecule has 5 rings (SSSR count). The molecule has 2 aromatic carbocycles. The van der Waals surface area contributed by atoms with Crippen LogP contribution in [-0.2, 0) is 6.18 Å². The first-order chi connectivity index (χ1) is 18.5. The SMILES string of the molecule is O=C(Nc1cc(Oc2ccc(I)cc2)cc([N+](=O)[O-])c1)c1nn2c(C(F)(F)F)cc(-c3cccs3)nc2c1Br. The van der Waals surface area contributed by atoms with E-state index in [0.717, 1.165) is 15.7 Å². The third kappa shape index (κ3) is 5.74. The monoisotopic (exact) mass is 729 g/mol. The van der Waals surface area contributed by atoms with Crippen molar-refractivity contribution in [3.63, 3.8) is 0 Å². The molecule has 0 bridgehead atoms. The largest absolute Gasteiger partial charge is 0.457 e. The summed E-state index contributed by atoms with van der Waals surface area (Å²) < 4.78 is 48.9. The van der Waals surface area contributed by atoms with Gasteiger partial charge in [0.15, 0.2) is 17.0 Å². The average molecular weight is 730 g/mol. The van der Waals surface area contributed by atoms with Crippen molar-refractivity contribution in [1.82, 2.24) is 14.6 Å². The van der Waals surface area contributed by atoms with E-state index in [4.69, 9.17) is 4.74 Å². The maximum absolute atomic E-state index is 13.9. The van der Waals surface area contributed by atoms with Crippen molar-refractivity contribution in [2.75, 3.05) is 5.32 Å². The van der Waals surface area contributed by atoms with Gasteiger partial charge in [-0.15, -0.1) is 11.3 Å². The first-order valence-electron chi connectivity index (χ1n) is 10.7. The number of ether oxygens (including phenoxy) is 1. The lowest BCUT2D eigenvalue weighted by molar-refractivity contribution is -0.384. The van der Waals surface area contributed by atoms with Crippen molar-refractivity contribution in [3.05, 3.63) is 95.6 Å². The molecule has 3 aromatic heterocycles. The predicted octanol–water partition coefficient (Wildman–Crippen LogP) is 7.80. The normalized spacial score (nSPS) is 11.5. The van der Waals surface area contributed by atoms with Crippen LogP contribution in [0.2, 0.25) is 0 Å². The van der Waals surface area contributed by atoms with Gasteiger partial charge in [-0.1, -0.05) is 6.07 Å². The zero-order valence-electron chi connectivity index (χ0n) is 19.1. The minimum absolute atomic E-state index is 0.0260. The van der Waals surface area contributed by atoms with Gasteiger partial charge in [0.1, 0.15) is 11.5 Å². The number of nitrogens with one attached hydrogen (secondary N) is 1. The molecule has 0 saturated heterocycles. The highest BCUT2D eigenvalue weighted by Gasteiger charge is 2.36. The van der Waals surface area contributed by atoms with Gasteiger partial charge in [0, 0.05) is 15.7 Å². The highest BCUT2D eigenvalue weighted by molar-refractivity contribution is 14.1. The van der Waals surface area contributed by atoms with Crippen LogP contribution in [0.3, 0.4) is 0 Å². The summed E-state index contributed by atoms with van der Waals surface area (Å²) in [6, 6.07) is 14.7. The van der Waals surface area contributed by atoms with Gasteiger partial charge in [0.25, 0.3) is 11.6 Å². The number of alkyl halides is 3. The molecule has 1 amide bonds. The van der Waals surface area contributed by atoms with Gasteiger partial charge in [-0.05, 0) is 80.3 Å². The summed E-state index contributed by atoms with van der Waals surface area (Å²) in [6.07, 6.45) is -4.80. The Kier molecular flexibility index (Phi) is 7.30. The summed E-state index contributed by atoms with van der Waals surface area (Å²) in [7, 11) is 0. The molecular weight excluding hydrogens is 718 g/mol. The number of hydrogen-bond acceptors (Lipinski definition) is 7. The van der Waals surface area contributed by atoms with E-state index in [-0.39, 0.29) is 32.9 Å². The molecule has 1 N–H and O–H groups in total. The number of fused-ring (bicyclic) bond motifs is 1. The van der Waals surface area contributed by atoms with Crippen molar-refractivity contribution in [2.24, 2.45) is 0 Å². The first-order valence-corrected chi connectivity index (χ1v) is 13.5. The summed E-state index contributed by atoms with van der Waals surface area (Å²) in [5, 5.41) is 19.5. The quantitative estimate of drug-likeness (QED) is 0.109. The molecule has 0 saturated carbocycles. The number of aromatic nitrogens is 3. The van der Waals surface area contributed by atoms with E-state index >= 15 is 0 Å². The second-order valence-corrected chi connectivity index (χ2v) is 10.9. The number of amides is 1. The van der Waals surface area contributed by atoms with E-state index in [9.17, 15) is 28.1 Å². The number of anilines is 1. The van der Waals surface area contributed by atoms with Crippen LogP contribution in [0.1, 0.15) is 16.2 Å². The average Bonchev–Trinajstić information content (AvgIpc) is 3.53. The molecular formula is C24H12BrF3IN5O4S. The number of halogens is 5. The third-order valence-corrected chi connectivity index (χ3v) is 7.56. The number of thiophene rings is 1. The molecule has 0 aliphatic carbocycles. The zero-order valence-corrected chi connectivity index (χ0v) is 23.6. The fraction of sp³-hybridized carbons (Fsp3) is 0.0417. The second-order valence-electron chi connectivity index (χ2n) is 7.88. The van der Waals surface area contributed by atoms with Crippen LogP contribution < -0.4 is 10.1 Å². The molecule has 39 heavy (non-hydrogen) atoms. The van der Waals surface area contributed by atoms with Crippen LogP contribution >= 0.6 is 49.9 Å². The molecule has 9 nitrogen and oxygen atoms in total. The Morgan fingerprint density at radius 1 is 1.13 bits per heavy atom. The van der Waals surface area contributed by atoms with Crippen LogP contribution in [-0.4, -0.2) is 25.4 Å². The fourth-order valence-corrected chi connectivity index (χ4v) is 5.10. The molecule has 0 radical (unpaired) electrons. The number of nitro groups is 1. The van der Waals surface area contributed by atoms with E-state index in [1.165, 1.54) is 23.5 Å². The van der Waals surface area contributed by atoms with Gasteiger partial charge < -0.3 is 10.1 Å². The number of nitrogens with zero attached hydrogens (tertiary/aromatic N) is 4. The minimum Gasteiger partial charge on any atom is -0.457 e. The number of hydrogen-bond donors (Lipinski definition) is 1. The van der Waals surface area contributed by atoms with Crippen molar-refractivity contribution in [2.45, 2.75) is 6.18 Å². The molecule has 3 heterocycles. The zero-order chi connectivity index (χ0) is 27.9.